The third-order valence-corrected chi connectivity index (χ3v) is 5.82. The SMILES string of the molecule is CCCOCCC(C)C1NC=C(C(=O)NCC2CN(CC)CC2C)N1NC. The van der Waals surface area contributed by atoms with E-state index in [1.165, 1.54) is 0 Å². The highest BCUT2D eigenvalue weighted by Gasteiger charge is 2.34. The van der Waals surface area contributed by atoms with E-state index in [1.54, 1.807) is 0 Å². The lowest BCUT2D eigenvalue weighted by atomic mass is 9.98. The normalized spacial score (nSPS) is 26.8. The van der Waals surface area contributed by atoms with E-state index in [2.05, 4.69) is 48.7 Å². The van der Waals surface area contributed by atoms with Gasteiger partial charge in [-0.3, -0.25) is 9.80 Å². The topological polar surface area (TPSA) is 68.9 Å². The molecule has 0 radical (unpaired) electrons. The molecule has 1 fully saturated rings. The van der Waals surface area contributed by atoms with E-state index in [4.69, 9.17) is 4.74 Å². The molecule has 156 valence electrons. The average molecular weight is 382 g/mol. The molecule has 7 nitrogen and oxygen atoms in total. The Morgan fingerprint density at radius 2 is 2.15 bits per heavy atom. The molecule has 0 bridgehead atoms. The number of carbonyl (C=O) groups is 1. The first-order chi connectivity index (χ1) is 13.0. The molecule has 2 aliphatic rings. The second-order valence-corrected chi connectivity index (χ2v) is 7.91. The van der Waals surface area contributed by atoms with Crippen LogP contribution in [-0.2, 0) is 9.53 Å². The number of likely N-dealkylation sites (tertiary alicyclic amines) is 1. The van der Waals surface area contributed by atoms with Crippen LogP contribution >= 0.6 is 0 Å². The summed E-state index contributed by atoms with van der Waals surface area (Å²) < 4.78 is 5.61. The van der Waals surface area contributed by atoms with E-state index >= 15 is 0 Å². The van der Waals surface area contributed by atoms with Gasteiger partial charge in [-0.2, -0.15) is 0 Å². The molecule has 2 aliphatic heterocycles. The zero-order chi connectivity index (χ0) is 19.8. The monoisotopic (exact) mass is 381 g/mol. The van der Waals surface area contributed by atoms with Crippen molar-refractivity contribution in [3.63, 3.8) is 0 Å². The minimum absolute atomic E-state index is 0.0177. The molecule has 7 heteroatoms. The molecule has 3 N–H and O–H groups in total. The second-order valence-electron chi connectivity index (χ2n) is 7.91. The van der Waals surface area contributed by atoms with Gasteiger partial charge in [0.2, 0.25) is 0 Å². The summed E-state index contributed by atoms with van der Waals surface area (Å²) in [6.45, 7) is 14.4. The van der Waals surface area contributed by atoms with Gasteiger partial charge in [-0.25, -0.2) is 5.43 Å². The highest BCUT2D eigenvalue weighted by Crippen LogP contribution is 2.23. The molecule has 2 heterocycles. The second kappa shape index (κ2) is 10.9. The zero-order valence-corrected chi connectivity index (χ0v) is 17.8. The summed E-state index contributed by atoms with van der Waals surface area (Å²) >= 11 is 0. The quantitative estimate of drug-likeness (QED) is 0.470. The standard InChI is InChI=1S/C20H39N5O2/c1-6-9-27-10-8-15(3)19-22-12-18(25(19)21-5)20(26)23-11-17-14-24(7-2)13-16(17)4/h12,15-17,19,21-22H,6-11,13-14H2,1-5H3,(H,23,26). The first-order valence-electron chi connectivity index (χ1n) is 10.5. The van der Waals surface area contributed by atoms with Crippen molar-refractivity contribution in [2.24, 2.45) is 17.8 Å². The summed E-state index contributed by atoms with van der Waals surface area (Å²) in [5.74, 6) is 1.48. The summed E-state index contributed by atoms with van der Waals surface area (Å²) in [5.41, 5.74) is 3.83. The lowest BCUT2D eigenvalue weighted by Gasteiger charge is -2.32. The highest BCUT2D eigenvalue weighted by atomic mass is 16.5. The minimum atomic E-state index is -0.0177. The van der Waals surface area contributed by atoms with Crippen molar-refractivity contribution in [3.05, 3.63) is 11.9 Å². The summed E-state index contributed by atoms with van der Waals surface area (Å²) in [5, 5.41) is 8.44. The van der Waals surface area contributed by atoms with Crippen LogP contribution < -0.4 is 16.1 Å². The Kier molecular flexibility index (Phi) is 8.86. The summed E-state index contributed by atoms with van der Waals surface area (Å²) in [6, 6.07) is 0. The van der Waals surface area contributed by atoms with E-state index < -0.39 is 0 Å². The number of hydrogen-bond donors (Lipinski definition) is 3. The van der Waals surface area contributed by atoms with Gasteiger partial charge >= 0.3 is 0 Å². The first kappa shape index (κ1) is 22.0. The maximum absolute atomic E-state index is 12.8. The number of hydrogen-bond acceptors (Lipinski definition) is 6. The molecule has 0 aromatic rings. The van der Waals surface area contributed by atoms with Crippen molar-refractivity contribution in [2.45, 2.75) is 46.7 Å². The predicted molar refractivity (Wildman–Crippen MR) is 109 cm³/mol. The Bertz CT molecular complexity index is 499. The molecular weight excluding hydrogens is 342 g/mol. The van der Waals surface area contributed by atoms with Gasteiger partial charge in [0.25, 0.3) is 5.91 Å². The molecule has 2 rings (SSSR count). The number of ether oxygens (including phenoxy) is 1. The largest absolute Gasteiger partial charge is 0.381 e. The van der Waals surface area contributed by atoms with Crippen LogP contribution in [0, 0.1) is 17.8 Å². The predicted octanol–water partition coefficient (Wildman–Crippen LogP) is 1.35. The maximum Gasteiger partial charge on any atom is 0.270 e. The number of rotatable bonds is 11. The Balaban J connectivity index is 1.82. The van der Waals surface area contributed by atoms with Gasteiger partial charge in [0.15, 0.2) is 0 Å². The number of carbonyl (C=O) groups excluding carboxylic acids is 1. The first-order valence-corrected chi connectivity index (χ1v) is 10.5. The fourth-order valence-electron chi connectivity index (χ4n) is 3.97. The third kappa shape index (κ3) is 5.83. The molecule has 1 amide bonds. The van der Waals surface area contributed by atoms with Crippen LogP contribution in [0.15, 0.2) is 11.9 Å². The Labute approximate surface area is 164 Å². The number of hydrazine groups is 1. The Hall–Kier alpha value is -1.31. The highest BCUT2D eigenvalue weighted by molar-refractivity contribution is 5.93. The van der Waals surface area contributed by atoms with Gasteiger partial charge in [0.1, 0.15) is 11.9 Å². The summed E-state index contributed by atoms with van der Waals surface area (Å²) in [6.07, 6.45) is 3.88. The van der Waals surface area contributed by atoms with Crippen LogP contribution in [0.4, 0.5) is 0 Å². The van der Waals surface area contributed by atoms with Gasteiger partial charge in [-0.05, 0) is 37.1 Å². The summed E-state index contributed by atoms with van der Waals surface area (Å²) in [4.78, 5) is 15.2. The molecule has 0 aromatic carbocycles. The number of amides is 1. The van der Waals surface area contributed by atoms with Crippen molar-refractivity contribution in [1.29, 1.82) is 0 Å². The van der Waals surface area contributed by atoms with E-state index in [-0.39, 0.29) is 12.1 Å². The Morgan fingerprint density at radius 1 is 1.37 bits per heavy atom. The van der Waals surface area contributed by atoms with Crippen molar-refractivity contribution < 1.29 is 9.53 Å². The molecule has 4 unspecified atom stereocenters. The fourth-order valence-corrected chi connectivity index (χ4v) is 3.97. The van der Waals surface area contributed by atoms with E-state index in [1.807, 2.05) is 18.3 Å². The van der Waals surface area contributed by atoms with Crippen LogP contribution in [0.3, 0.4) is 0 Å². The van der Waals surface area contributed by atoms with Gasteiger partial charge in [0.05, 0.1) is 0 Å². The van der Waals surface area contributed by atoms with Crippen LogP contribution in [0.2, 0.25) is 0 Å². The van der Waals surface area contributed by atoms with Gasteiger partial charge in [-0.15, -0.1) is 0 Å². The Morgan fingerprint density at radius 3 is 2.78 bits per heavy atom. The van der Waals surface area contributed by atoms with Crippen molar-refractivity contribution in [3.8, 4) is 0 Å². The number of nitrogens with one attached hydrogen (secondary N) is 3. The van der Waals surface area contributed by atoms with Crippen molar-refractivity contribution in [1.82, 2.24) is 26.0 Å². The van der Waals surface area contributed by atoms with E-state index in [9.17, 15) is 4.79 Å². The van der Waals surface area contributed by atoms with E-state index in [0.717, 1.165) is 52.2 Å². The summed E-state index contributed by atoms with van der Waals surface area (Å²) in [7, 11) is 1.86. The smallest absolute Gasteiger partial charge is 0.270 e. The molecule has 4 atom stereocenters. The molecule has 1 saturated heterocycles. The van der Waals surface area contributed by atoms with Crippen LogP contribution in [0.25, 0.3) is 0 Å². The van der Waals surface area contributed by atoms with Crippen LogP contribution in [0.1, 0.15) is 40.5 Å². The molecule has 0 aliphatic carbocycles. The third-order valence-electron chi connectivity index (χ3n) is 5.82. The van der Waals surface area contributed by atoms with E-state index in [0.29, 0.717) is 23.5 Å². The molecule has 0 spiro atoms. The van der Waals surface area contributed by atoms with Crippen LogP contribution in [0.5, 0.6) is 0 Å². The molecule has 0 saturated carbocycles. The number of nitrogens with zero attached hydrogens (tertiary/aromatic N) is 2. The molecular formula is C20H39N5O2. The van der Waals surface area contributed by atoms with Crippen molar-refractivity contribution in [2.75, 3.05) is 46.4 Å². The maximum atomic E-state index is 12.8. The molecule has 0 aromatic heterocycles. The minimum Gasteiger partial charge on any atom is -0.381 e. The van der Waals surface area contributed by atoms with Gasteiger partial charge in [-0.1, -0.05) is 27.7 Å². The zero-order valence-electron chi connectivity index (χ0n) is 17.8. The molecule has 27 heavy (non-hydrogen) atoms. The lowest BCUT2D eigenvalue weighted by Crippen LogP contribution is -2.50. The average Bonchev–Trinajstić information content (AvgIpc) is 3.26. The van der Waals surface area contributed by atoms with Crippen molar-refractivity contribution >= 4 is 5.91 Å². The fraction of sp³-hybridized carbons (Fsp3) is 0.850. The van der Waals surface area contributed by atoms with Gasteiger partial charge < -0.3 is 20.3 Å². The lowest BCUT2D eigenvalue weighted by molar-refractivity contribution is -0.119. The van der Waals surface area contributed by atoms with Crippen LogP contribution in [-0.4, -0.2) is 68.4 Å². The van der Waals surface area contributed by atoms with Gasteiger partial charge in [0, 0.05) is 46.1 Å².